The minimum atomic E-state index is -1.08. The fourth-order valence-corrected chi connectivity index (χ4v) is 3.05. The average Bonchev–Trinajstić information content (AvgIpc) is 2.84. The summed E-state index contributed by atoms with van der Waals surface area (Å²) in [7, 11) is 0. The molecule has 2 unspecified atom stereocenters. The molecule has 0 aromatic heterocycles. The summed E-state index contributed by atoms with van der Waals surface area (Å²) >= 11 is 0. The molecule has 1 aliphatic rings. The molecule has 0 saturated heterocycles. The van der Waals surface area contributed by atoms with Crippen molar-refractivity contribution < 1.29 is 19.5 Å². The summed E-state index contributed by atoms with van der Waals surface area (Å²) in [6.07, 6.45) is -1.08. The Labute approximate surface area is 145 Å². The van der Waals surface area contributed by atoms with Crippen molar-refractivity contribution in [3.05, 3.63) is 70.8 Å². The number of imide groups is 1. The molecule has 5 nitrogen and oxygen atoms in total. The van der Waals surface area contributed by atoms with E-state index in [-0.39, 0.29) is 12.3 Å². The highest BCUT2D eigenvalue weighted by molar-refractivity contribution is 6.21. The number of amides is 2. The topological polar surface area (TPSA) is 74.7 Å². The van der Waals surface area contributed by atoms with Crippen LogP contribution in [-0.4, -0.2) is 34.1 Å². The molecule has 25 heavy (non-hydrogen) atoms. The van der Waals surface area contributed by atoms with Gasteiger partial charge in [0.25, 0.3) is 11.8 Å². The van der Waals surface area contributed by atoms with Crippen LogP contribution in [0.15, 0.2) is 48.5 Å². The van der Waals surface area contributed by atoms with Gasteiger partial charge in [-0.2, -0.15) is 0 Å². The first kappa shape index (κ1) is 17.0. The molecule has 2 aromatic rings. The lowest BCUT2D eigenvalue weighted by atomic mass is 9.91. The fraction of sp³-hybridized carbons (Fsp3) is 0.250. The van der Waals surface area contributed by atoms with Crippen molar-refractivity contribution in [1.29, 1.82) is 0 Å². The van der Waals surface area contributed by atoms with Gasteiger partial charge in [-0.25, -0.2) is 0 Å². The molecule has 0 radical (unpaired) electrons. The number of nitrogens with zero attached hydrogens (tertiary/aromatic N) is 1. The molecule has 1 aliphatic heterocycles. The zero-order chi connectivity index (χ0) is 18.1. The van der Waals surface area contributed by atoms with Crippen molar-refractivity contribution in [2.45, 2.75) is 20.0 Å². The van der Waals surface area contributed by atoms with Crippen LogP contribution in [0.2, 0.25) is 0 Å². The first-order chi connectivity index (χ1) is 11.9. The Morgan fingerprint density at radius 2 is 1.52 bits per heavy atom. The van der Waals surface area contributed by atoms with E-state index in [9.17, 15) is 19.5 Å². The number of Topliss-reactive ketones (excluding diaryl/α,β-unsaturated/α-hetero) is 1. The van der Waals surface area contributed by atoms with Crippen molar-refractivity contribution in [1.82, 2.24) is 4.90 Å². The van der Waals surface area contributed by atoms with Crippen LogP contribution in [0.25, 0.3) is 0 Å². The number of aliphatic hydroxyl groups is 1. The van der Waals surface area contributed by atoms with Gasteiger partial charge in [-0.1, -0.05) is 42.0 Å². The number of aryl methyl sites for hydroxylation is 1. The third kappa shape index (κ3) is 3.10. The van der Waals surface area contributed by atoms with Crippen molar-refractivity contribution >= 4 is 17.6 Å². The van der Waals surface area contributed by atoms with E-state index in [1.54, 1.807) is 36.4 Å². The smallest absolute Gasteiger partial charge is 0.261 e. The molecular formula is C20H19NO4. The Hall–Kier alpha value is -2.79. The van der Waals surface area contributed by atoms with E-state index in [0.717, 1.165) is 10.5 Å². The number of fused-ring (bicyclic) bond motifs is 1. The zero-order valence-electron chi connectivity index (χ0n) is 14.1. The number of rotatable bonds is 5. The Balaban J connectivity index is 1.86. The quantitative estimate of drug-likeness (QED) is 0.851. The maximum Gasteiger partial charge on any atom is 0.261 e. The third-order valence-corrected chi connectivity index (χ3v) is 4.58. The SMILES string of the molecule is CC(=O)C(CN1C(=O)c2ccccc2C1=O)C(O)c1ccc(C)cc1. The maximum absolute atomic E-state index is 12.5. The minimum absolute atomic E-state index is 0.142. The Morgan fingerprint density at radius 1 is 1.00 bits per heavy atom. The van der Waals surface area contributed by atoms with Crippen LogP contribution in [0.3, 0.4) is 0 Å². The molecule has 0 spiro atoms. The van der Waals surface area contributed by atoms with Crippen LogP contribution in [-0.2, 0) is 4.79 Å². The van der Waals surface area contributed by atoms with Crippen LogP contribution >= 0.6 is 0 Å². The van der Waals surface area contributed by atoms with Gasteiger partial charge in [0.05, 0.1) is 23.1 Å². The van der Waals surface area contributed by atoms with Gasteiger partial charge < -0.3 is 5.11 Å². The second kappa shape index (κ2) is 6.61. The van der Waals surface area contributed by atoms with E-state index >= 15 is 0 Å². The predicted molar refractivity (Wildman–Crippen MR) is 92.1 cm³/mol. The van der Waals surface area contributed by atoms with Gasteiger partial charge in [-0.05, 0) is 31.5 Å². The molecule has 0 aliphatic carbocycles. The molecular weight excluding hydrogens is 318 g/mol. The van der Waals surface area contributed by atoms with Crippen molar-refractivity contribution in [3.8, 4) is 0 Å². The molecule has 0 saturated carbocycles. The molecule has 2 amide bonds. The Morgan fingerprint density at radius 3 is 2.00 bits per heavy atom. The van der Waals surface area contributed by atoms with Crippen LogP contribution in [0.1, 0.15) is 44.9 Å². The summed E-state index contributed by atoms with van der Waals surface area (Å²) < 4.78 is 0. The summed E-state index contributed by atoms with van der Waals surface area (Å²) in [4.78, 5) is 38.1. The molecule has 0 bridgehead atoms. The van der Waals surface area contributed by atoms with E-state index < -0.39 is 23.8 Å². The molecule has 2 atom stereocenters. The minimum Gasteiger partial charge on any atom is -0.388 e. The van der Waals surface area contributed by atoms with E-state index in [1.165, 1.54) is 6.92 Å². The van der Waals surface area contributed by atoms with E-state index in [2.05, 4.69) is 0 Å². The summed E-state index contributed by atoms with van der Waals surface area (Å²) in [5, 5.41) is 10.6. The number of ketones is 1. The number of aliphatic hydroxyl groups excluding tert-OH is 1. The van der Waals surface area contributed by atoms with Gasteiger partial charge in [0.1, 0.15) is 5.78 Å². The fourth-order valence-electron chi connectivity index (χ4n) is 3.05. The lowest BCUT2D eigenvalue weighted by molar-refractivity contribution is -0.124. The normalized spacial score (nSPS) is 15.9. The van der Waals surface area contributed by atoms with Crippen molar-refractivity contribution in [3.63, 3.8) is 0 Å². The monoisotopic (exact) mass is 337 g/mol. The third-order valence-electron chi connectivity index (χ3n) is 4.58. The molecule has 0 fully saturated rings. The molecule has 128 valence electrons. The molecule has 1 N–H and O–H groups in total. The van der Waals surface area contributed by atoms with Crippen LogP contribution < -0.4 is 0 Å². The highest BCUT2D eigenvalue weighted by Crippen LogP contribution is 2.28. The zero-order valence-corrected chi connectivity index (χ0v) is 14.1. The van der Waals surface area contributed by atoms with Gasteiger partial charge in [-0.3, -0.25) is 19.3 Å². The van der Waals surface area contributed by atoms with Crippen LogP contribution in [0.4, 0.5) is 0 Å². The Kier molecular flexibility index (Phi) is 4.51. The summed E-state index contributed by atoms with van der Waals surface area (Å²) in [6, 6.07) is 13.8. The van der Waals surface area contributed by atoms with Gasteiger partial charge in [0.2, 0.25) is 0 Å². The number of benzene rings is 2. The largest absolute Gasteiger partial charge is 0.388 e. The molecule has 1 heterocycles. The first-order valence-corrected chi connectivity index (χ1v) is 8.10. The average molecular weight is 337 g/mol. The van der Waals surface area contributed by atoms with Crippen molar-refractivity contribution in [2.24, 2.45) is 5.92 Å². The molecule has 5 heteroatoms. The number of hydrogen-bond donors (Lipinski definition) is 1. The van der Waals surface area contributed by atoms with Gasteiger partial charge in [0.15, 0.2) is 0 Å². The Bertz CT molecular complexity index is 806. The highest BCUT2D eigenvalue weighted by Gasteiger charge is 2.39. The standard InChI is InChI=1S/C20H19NO4/c1-12-7-9-14(10-8-12)18(23)17(13(2)22)11-21-19(24)15-5-3-4-6-16(15)20(21)25/h3-10,17-18,23H,11H2,1-2H3. The number of carbonyl (C=O) groups is 3. The van der Waals surface area contributed by atoms with Crippen LogP contribution in [0, 0.1) is 12.8 Å². The van der Waals surface area contributed by atoms with Gasteiger partial charge in [-0.15, -0.1) is 0 Å². The van der Waals surface area contributed by atoms with Gasteiger partial charge >= 0.3 is 0 Å². The molecule has 2 aromatic carbocycles. The summed E-state index contributed by atoms with van der Waals surface area (Å²) in [6.45, 7) is 3.15. The number of carbonyl (C=O) groups excluding carboxylic acids is 3. The predicted octanol–water partition coefficient (Wildman–Crippen LogP) is 2.53. The summed E-state index contributed by atoms with van der Waals surface area (Å²) in [5.74, 6) is -2.00. The van der Waals surface area contributed by atoms with Gasteiger partial charge in [0, 0.05) is 6.54 Å². The highest BCUT2D eigenvalue weighted by atomic mass is 16.3. The van der Waals surface area contributed by atoms with E-state index in [4.69, 9.17) is 0 Å². The summed E-state index contributed by atoms with van der Waals surface area (Å²) in [5.41, 5.74) is 2.29. The van der Waals surface area contributed by atoms with Crippen LogP contribution in [0.5, 0.6) is 0 Å². The lowest BCUT2D eigenvalue weighted by Gasteiger charge is -2.25. The van der Waals surface area contributed by atoms with Crippen molar-refractivity contribution in [2.75, 3.05) is 6.54 Å². The maximum atomic E-state index is 12.5. The van der Waals surface area contributed by atoms with E-state index in [0.29, 0.717) is 16.7 Å². The molecule has 3 rings (SSSR count). The second-order valence-electron chi connectivity index (χ2n) is 6.34. The first-order valence-electron chi connectivity index (χ1n) is 8.10. The number of hydrogen-bond acceptors (Lipinski definition) is 4. The van der Waals surface area contributed by atoms with E-state index in [1.807, 2.05) is 19.1 Å². The second-order valence-corrected chi connectivity index (χ2v) is 6.34. The lowest BCUT2D eigenvalue weighted by Crippen LogP contribution is -2.39.